The third-order valence-electron chi connectivity index (χ3n) is 4.32. The summed E-state index contributed by atoms with van der Waals surface area (Å²) >= 11 is 0. The van der Waals surface area contributed by atoms with Crippen molar-refractivity contribution >= 4 is 10.4 Å². The lowest BCUT2D eigenvalue weighted by atomic mass is 9.79. The molecule has 0 amide bonds. The molecule has 1 unspecified atom stereocenters. The molecule has 1 fully saturated rings. The van der Waals surface area contributed by atoms with Crippen LogP contribution in [-0.2, 0) is 24.4 Å². The lowest BCUT2D eigenvalue weighted by molar-refractivity contribution is 0.0733. The van der Waals surface area contributed by atoms with E-state index >= 15 is 0 Å². The molecule has 1 aliphatic rings. The first-order valence-electron chi connectivity index (χ1n) is 7.92. The van der Waals surface area contributed by atoms with Gasteiger partial charge in [-0.3, -0.25) is 0 Å². The Bertz CT molecular complexity index is 915. The Balaban J connectivity index is 2.01. The van der Waals surface area contributed by atoms with Crippen molar-refractivity contribution in [2.75, 3.05) is 0 Å². The fourth-order valence-corrected chi connectivity index (χ4v) is 4.39. The Labute approximate surface area is 147 Å². The van der Waals surface area contributed by atoms with Gasteiger partial charge in [0.1, 0.15) is 6.10 Å². The van der Waals surface area contributed by atoms with Gasteiger partial charge < -0.3 is 0 Å². The summed E-state index contributed by atoms with van der Waals surface area (Å²) in [6, 6.07) is 27.9. The number of hydrogen-bond acceptors (Lipinski definition) is 4. The second-order valence-corrected chi connectivity index (χ2v) is 7.02. The molecule has 3 aromatic rings. The SMILES string of the molecule is O=S1(=O)OC(c2ccccc2)C(c2ccccc2)(c2ccccc2)O1. The Morgan fingerprint density at radius 1 is 0.680 bits per heavy atom. The van der Waals surface area contributed by atoms with Crippen LogP contribution in [0.15, 0.2) is 91.0 Å². The topological polar surface area (TPSA) is 52.6 Å². The smallest absolute Gasteiger partial charge is 0.236 e. The van der Waals surface area contributed by atoms with Crippen LogP contribution < -0.4 is 0 Å². The van der Waals surface area contributed by atoms with Crippen molar-refractivity contribution < 1.29 is 16.8 Å². The van der Waals surface area contributed by atoms with E-state index in [1.165, 1.54) is 0 Å². The first-order valence-corrected chi connectivity index (χ1v) is 9.25. The van der Waals surface area contributed by atoms with Crippen LogP contribution in [0.25, 0.3) is 0 Å². The number of hydrogen-bond donors (Lipinski definition) is 0. The van der Waals surface area contributed by atoms with Crippen molar-refractivity contribution in [3.63, 3.8) is 0 Å². The van der Waals surface area contributed by atoms with Crippen LogP contribution in [0.4, 0.5) is 0 Å². The predicted molar refractivity (Wildman–Crippen MR) is 93.9 cm³/mol. The largest absolute Gasteiger partial charge is 0.401 e. The second kappa shape index (κ2) is 6.11. The molecule has 4 nitrogen and oxygen atoms in total. The average Bonchev–Trinajstić information content (AvgIpc) is 2.97. The first kappa shape index (κ1) is 16.0. The Morgan fingerprint density at radius 3 is 1.60 bits per heavy atom. The van der Waals surface area contributed by atoms with Crippen LogP contribution in [0.3, 0.4) is 0 Å². The molecule has 0 spiro atoms. The van der Waals surface area contributed by atoms with Crippen molar-refractivity contribution in [1.29, 1.82) is 0 Å². The highest BCUT2D eigenvalue weighted by Crippen LogP contribution is 2.52. The molecular weight excluding hydrogens is 336 g/mol. The molecule has 0 bridgehead atoms. The summed E-state index contributed by atoms with van der Waals surface area (Å²) in [5.41, 5.74) is 0.895. The van der Waals surface area contributed by atoms with Crippen LogP contribution in [0.1, 0.15) is 22.8 Å². The molecule has 25 heavy (non-hydrogen) atoms. The molecule has 0 radical (unpaired) electrons. The van der Waals surface area contributed by atoms with Gasteiger partial charge in [-0.1, -0.05) is 91.0 Å². The lowest BCUT2D eigenvalue weighted by Crippen LogP contribution is -2.33. The van der Waals surface area contributed by atoms with Crippen molar-refractivity contribution in [2.45, 2.75) is 11.7 Å². The van der Waals surface area contributed by atoms with Gasteiger partial charge in [0.25, 0.3) is 0 Å². The maximum atomic E-state index is 12.3. The van der Waals surface area contributed by atoms with Crippen LogP contribution >= 0.6 is 0 Å². The minimum atomic E-state index is -4.15. The summed E-state index contributed by atoms with van der Waals surface area (Å²) < 4.78 is 35.7. The summed E-state index contributed by atoms with van der Waals surface area (Å²) in [7, 11) is -4.15. The van der Waals surface area contributed by atoms with E-state index in [-0.39, 0.29) is 0 Å². The molecule has 1 atom stereocenters. The second-order valence-electron chi connectivity index (χ2n) is 5.85. The van der Waals surface area contributed by atoms with Gasteiger partial charge in [-0.25, -0.2) is 8.37 Å². The van der Waals surface area contributed by atoms with E-state index in [0.717, 1.165) is 16.7 Å². The number of rotatable bonds is 3. The average molecular weight is 352 g/mol. The molecule has 1 heterocycles. The highest BCUT2D eigenvalue weighted by atomic mass is 32.3. The molecule has 0 N–H and O–H groups in total. The van der Waals surface area contributed by atoms with Gasteiger partial charge in [-0.2, -0.15) is 8.42 Å². The van der Waals surface area contributed by atoms with Crippen molar-refractivity contribution in [3.8, 4) is 0 Å². The monoisotopic (exact) mass is 352 g/mol. The molecule has 0 saturated carbocycles. The molecule has 0 aromatic heterocycles. The minimum absolute atomic E-state index is 0.719. The van der Waals surface area contributed by atoms with Crippen LogP contribution in [0, 0.1) is 0 Å². The third kappa shape index (κ3) is 2.76. The zero-order valence-corrected chi connectivity index (χ0v) is 14.1. The van der Waals surface area contributed by atoms with E-state index in [4.69, 9.17) is 8.37 Å². The highest BCUT2D eigenvalue weighted by molar-refractivity contribution is 7.82. The molecule has 1 saturated heterocycles. The summed E-state index contributed by atoms with van der Waals surface area (Å²) in [6.45, 7) is 0. The molecule has 5 heteroatoms. The Kier molecular flexibility index (Phi) is 3.92. The van der Waals surface area contributed by atoms with Gasteiger partial charge >= 0.3 is 10.4 Å². The Hall–Kier alpha value is -2.47. The van der Waals surface area contributed by atoms with Crippen molar-refractivity contribution in [2.24, 2.45) is 0 Å². The Morgan fingerprint density at radius 2 is 1.12 bits per heavy atom. The van der Waals surface area contributed by atoms with Crippen LogP contribution in [0.5, 0.6) is 0 Å². The molecule has 0 aliphatic carbocycles. The standard InChI is InChI=1S/C20H16O4S/c21-25(22)23-19(16-10-4-1-5-11-16)20(24-25,17-12-6-2-7-13-17)18-14-8-3-9-15-18/h1-15,19H. The van der Waals surface area contributed by atoms with Crippen LogP contribution in [-0.4, -0.2) is 8.42 Å². The van der Waals surface area contributed by atoms with Gasteiger partial charge in [0.05, 0.1) is 0 Å². The fraction of sp³-hybridized carbons (Fsp3) is 0.100. The first-order chi connectivity index (χ1) is 12.1. The maximum Gasteiger partial charge on any atom is 0.401 e. The van der Waals surface area contributed by atoms with Crippen molar-refractivity contribution in [3.05, 3.63) is 108 Å². The van der Waals surface area contributed by atoms with Gasteiger partial charge in [0, 0.05) is 0 Å². The third-order valence-corrected chi connectivity index (χ3v) is 5.22. The summed E-state index contributed by atoms with van der Waals surface area (Å²) in [6.07, 6.45) is -0.816. The van der Waals surface area contributed by atoms with Crippen molar-refractivity contribution in [1.82, 2.24) is 0 Å². The van der Waals surface area contributed by atoms with Gasteiger partial charge in [-0.05, 0) is 16.7 Å². The molecule has 3 aromatic carbocycles. The zero-order chi connectivity index (χ0) is 17.3. The maximum absolute atomic E-state index is 12.3. The van der Waals surface area contributed by atoms with E-state index in [1.54, 1.807) is 0 Å². The van der Waals surface area contributed by atoms with E-state index in [9.17, 15) is 8.42 Å². The van der Waals surface area contributed by atoms with Gasteiger partial charge in [-0.15, -0.1) is 0 Å². The van der Waals surface area contributed by atoms with E-state index in [0.29, 0.717) is 0 Å². The minimum Gasteiger partial charge on any atom is -0.236 e. The van der Waals surface area contributed by atoms with Crippen LogP contribution in [0.2, 0.25) is 0 Å². The van der Waals surface area contributed by atoms with E-state index in [2.05, 4.69) is 0 Å². The summed E-state index contributed by atoms with van der Waals surface area (Å²) in [4.78, 5) is 0. The summed E-state index contributed by atoms with van der Waals surface area (Å²) in [5, 5.41) is 0. The van der Waals surface area contributed by atoms with E-state index < -0.39 is 22.1 Å². The molecule has 1 aliphatic heterocycles. The predicted octanol–water partition coefficient (Wildman–Crippen LogP) is 3.96. The zero-order valence-electron chi connectivity index (χ0n) is 13.3. The molecule has 126 valence electrons. The van der Waals surface area contributed by atoms with Gasteiger partial charge in [0.2, 0.25) is 0 Å². The quantitative estimate of drug-likeness (QED) is 0.716. The van der Waals surface area contributed by atoms with E-state index in [1.807, 2.05) is 91.0 Å². The fourth-order valence-electron chi connectivity index (χ4n) is 3.27. The number of benzene rings is 3. The van der Waals surface area contributed by atoms with Gasteiger partial charge in [0.15, 0.2) is 5.60 Å². The highest BCUT2D eigenvalue weighted by Gasteiger charge is 2.56. The normalized spacial score (nSPS) is 21.0. The lowest BCUT2D eigenvalue weighted by Gasteiger charge is -2.32. The molecule has 4 rings (SSSR count). The molecular formula is C20H16O4S. The summed E-state index contributed by atoms with van der Waals surface area (Å²) in [5.74, 6) is 0.